The van der Waals surface area contributed by atoms with Gasteiger partial charge in [-0.05, 0) is 35.1 Å². The highest BCUT2D eigenvalue weighted by atomic mass is 16.5. The number of alkyl carbamates (subject to hydrolysis) is 1. The van der Waals surface area contributed by atoms with E-state index in [4.69, 9.17) is 9.84 Å². The molecule has 7 heteroatoms. The number of carboxylic acids is 1. The lowest BCUT2D eigenvalue weighted by atomic mass is 9.98. The Bertz CT molecular complexity index is 898. The number of hydrogen-bond acceptors (Lipinski definition) is 4. The summed E-state index contributed by atoms with van der Waals surface area (Å²) < 4.78 is 5.46. The zero-order valence-corrected chi connectivity index (χ0v) is 17.6. The van der Waals surface area contributed by atoms with Crippen LogP contribution in [0.5, 0.6) is 0 Å². The summed E-state index contributed by atoms with van der Waals surface area (Å²) in [6.45, 7) is 2.38. The summed E-state index contributed by atoms with van der Waals surface area (Å²) in [4.78, 5) is 34.8. The van der Waals surface area contributed by atoms with E-state index in [2.05, 4.69) is 34.9 Å². The molecule has 0 saturated carbocycles. The van der Waals surface area contributed by atoms with E-state index in [-0.39, 0.29) is 37.3 Å². The summed E-state index contributed by atoms with van der Waals surface area (Å²) in [7, 11) is 0. The maximum Gasteiger partial charge on any atom is 0.407 e. The second-order valence-electron chi connectivity index (χ2n) is 7.63. The average molecular weight is 424 g/mol. The molecule has 0 spiro atoms. The molecule has 0 aliphatic heterocycles. The lowest BCUT2D eigenvalue weighted by Crippen LogP contribution is -2.36. The first kappa shape index (κ1) is 22.3. The zero-order chi connectivity index (χ0) is 22.2. The van der Waals surface area contributed by atoms with Gasteiger partial charge in [0.1, 0.15) is 6.61 Å². The van der Waals surface area contributed by atoms with Crippen molar-refractivity contribution in [1.29, 1.82) is 0 Å². The molecule has 164 valence electrons. The molecule has 0 bridgehead atoms. The minimum Gasteiger partial charge on any atom is -0.481 e. The highest BCUT2D eigenvalue weighted by Gasteiger charge is 2.28. The molecule has 2 amide bonds. The molecule has 2 aromatic rings. The fourth-order valence-electron chi connectivity index (χ4n) is 3.90. The monoisotopic (exact) mass is 424 g/mol. The van der Waals surface area contributed by atoms with E-state index in [0.717, 1.165) is 11.1 Å². The Labute approximate surface area is 181 Å². The molecule has 0 radical (unpaired) electrons. The van der Waals surface area contributed by atoms with Crippen molar-refractivity contribution in [2.24, 2.45) is 0 Å². The normalized spacial score (nSPS) is 13.1. The van der Waals surface area contributed by atoms with Crippen molar-refractivity contribution in [2.75, 3.05) is 13.2 Å². The number of ether oxygens (including phenoxy) is 1. The molecule has 7 nitrogen and oxygen atoms in total. The largest absolute Gasteiger partial charge is 0.481 e. The van der Waals surface area contributed by atoms with Crippen LogP contribution in [0.25, 0.3) is 11.1 Å². The van der Waals surface area contributed by atoms with Gasteiger partial charge < -0.3 is 20.5 Å². The quantitative estimate of drug-likeness (QED) is 0.505. The summed E-state index contributed by atoms with van der Waals surface area (Å²) >= 11 is 0. The Morgan fingerprint density at radius 1 is 1.03 bits per heavy atom. The van der Waals surface area contributed by atoms with Gasteiger partial charge in [-0.25, -0.2) is 4.79 Å². The van der Waals surface area contributed by atoms with Crippen LogP contribution in [0.4, 0.5) is 4.79 Å². The smallest absolute Gasteiger partial charge is 0.407 e. The fraction of sp³-hybridized carbons (Fsp3) is 0.375. The number of amides is 2. The molecule has 0 saturated heterocycles. The van der Waals surface area contributed by atoms with Crippen molar-refractivity contribution < 1.29 is 24.2 Å². The number of carbonyl (C=O) groups excluding carboxylic acids is 2. The number of fused-ring (bicyclic) bond motifs is 3. The van der Waals surface area contributed by atoms with Crippen LogP contribution in [0.1, 0.15) is 49.7 Å². The topological polar surface area (TPSA) is 105 Å². The second-order valence-corrected chi connectivity index (χ2v) is 7.63. The summed E-state index contributed by atoms with van der Waals surface area (Å²) in [5.41, 5.74) is 4.65. The van der Waals surface area contributed by atoms with Crippen molar-refractivity contribution in [3.8, 4) is 11.1 Å². The van der Waals surface area contributed by atoms with E-state index < -0.39 is 12.1 Å². The van der Waals surface area contributed by atoms with Crippen LogP contribution in [-0.4, -0.2) is 42.3 Å². The number of benzene rings is 2. The van der Waals surface area contributed by atoms with Gasteiger partial charge in [0.25, 0.3) is 0 Å². The third-order valence-corrected chi connectivity index (χ3v) is 5.47. The zero-order valence-electron chi connectivity index (χ0n) is 17.6. The van der Waals surface area contributed by atoms with Crippen LogP contribution in [0, 0.1) is 0 Å². The first-order chi connectivity index (χ1) is 15.0. The molecule has 31 heavy (non-hydrogen) atoms. The Morgan fingerprint density at radius 2 is 1.65 bits per heavy atom. The summed E-state index contributed by atoms with van der Waals surface area (Å²) in [5.74, 6) is -1.16. The van der Waals surface area contributed by atoms with Crippen molar-refractivity contribution >= 4 is 18.0 Å². The SMILES string of the molecule is CC[C@H](CC(=O)O)NC(=O)CCCNC(=O)OCC1c2ccccc2-c2ccccc21. The first-order valence-electron chi connectivity index (χ1n) is 10.6. The second kappa shape index (κ2) is 10.6. The maximum absolute atomic E-state index is 12.1. The molecule has 1 atom stereocenters. The van der Waals surface area contributed by atoms with Gasteiger partial charge in [0.2, 0.25) is 5.91 Å². The lowest BCUT2D eigenvalue weighted by Gasteiger charge is -2.15. The number of carboxylic acid groups (broad SMARTS) is 1. The van der Waals surface area contributed by atoms with E-state index in [1.807, 2.05) is 31.2 Å². The molecule has 1 aliphatic rings. The standard InChI is InChI=1S/C24H28N2O5/c1-2-16(14-23(28)29)26-22(27)12-7-13-25-24(30)31-15-21-19-10-5-3-8-17(19)18-9-4-6-11-20(18)21/h3-6,8-11,16,21H,2,7,12-15H2,1H3,(H,25,30)(H,26,27)(H,28,29)/t16-/m1/s1. The van der Waals surface area contributed by atoms with Crippen LogP contribution in [0.2, 0.25) is 0 Å². The molecule has 0 heterocycles. The van der Waals surface area contributed by atoms with E-state index in [0.29, 0.717) is 19.4 Å². The van der Waals surface area contributed by atoms with Gasteiger partial charge in [0.05, 0.1) is 6.42 Å². The number of aliphatic carboxylic acids is 1. The van der Waals surface area contributed by atoms with Gasteiger partial charge in [-0.2, -0.15) is 0 Å². The molecular weight excluding hydrogens is 396 g/mol. The van der Waals surface area contributed by atoms with Gasteiger partial charge >= 0.3 is 12.1 Å². The third-order valence-electron chi connectivity index (χ3n) is 5.47. The van der Waals surface area contributed by atoms with E-state index in [1.54, 1.807) is 0 Å². The highest BCUT2D eigenvalue weighted by Crippen LogP contribution is 2.44. The fourth-order valence-corrected chi connectivity index (χ4v) is 3.90. The number of rotatable bonds is 10. The summed E-state index contributed by atoms with van der Waals surface area (Å²) in [6.07, 6.45) is 0.592. The first-order valence-corrected chi connectivity index (χ1v) is 10.6. The van der Waals surface area contributed by atoms with Gasteiger partial charge in [0.15, 0.2) is 0 Å². The molecule has 1 aliphatic carbocycles. The number of hydrogen-bond donors (Lipinski definition) is 3. The average Bonchev–Trinajstić information content (AvgIpc) is 3.08. The predicted octanol–water partition coefficient (Wildman–Crippen LogP) is 3.67. The van der Waals surface area contributed by atoms with Crippen molar-refractivity contribution in [1.82, 2.24) is 10.6 Å². The molecule has 0 unspecified atom stereocenters. The molecule has 2 aromatic carbocycles. The van der Waals surface area contributed by atoms with Crippen LogP contribution < -0.4 is 10.6 Å². The predicted molar refractivity (Wildman–Crippen MR) is 117 cm³/mol. The highest BCUT2D eigenvalue weighted by molar-refractivity contribution is 5.79. The van der Waals surface area contributed by atoms with Crippen molar-refractivity contribution in [3.63, 3.8) is 0 Å². The van der Waals surface area contributed by atoms with Crippen LogP contribution in [0.15, 0.2) is 48.5 Å². The number of nitrogens with one attached hydrogen (secondary N) is 2. The van der Waals surface area contributed by atoms with Crippen molar-refractivity contribution in [2.45, 2.75) is 44.6 Å². The van der Waals surface area contributed by atoms with Gasteiger partial charge in [-0.1, -0.05) is 55.5 Å². The maximum atomic E-state index is 12.1. The Kier molecular flexibility index (Phi) is 7.65. The minimum atomic E-state index is -0.941. The molecule has 3 N–H and O–H groups in total. The molecule has 3 rings (SSSR count). The van der Waals surface area contributed by atoms with Crippen LogP contribution in [0.3, 0.4) is 0 Å². The van der Waals surface area contributed by atoms with Gasteiger partial charge in [-0.15, -0.1) is 0 Å². The number of carbonyl (C=O) groups is 3. The van der Waals surface area contributed by atoms with Gasteiger partial charge in [0, 0.05) is 24.9 Å². The Hall–Kier alpha value is -3.35. The molecular formula is C24H28N2O5. The van der Waals surface area contributed by atoms with E-state index in [1.165, 1.54) is 11.1 Å². The van der Waals surface area contributed by atoms with E-state index in [9.17, 15) is 14.4 Å². The Balaban J connectivity index is 1.41. The van der Waals surface area contributed by atoms with Crippen LogP contribution >= 0.6 is 0 Å². The lowest BCUT2D eigenvalue weighted by molar-refractivity contribution is -0.137. The Morgan fingerprint density at radius 3 is 2.23 bits per heavy atom. The summed E-state index contributed by atoms with van der Waals surface area (Å²) in [6, 6.07) is 15.9. The molecule has 0 fully saturated rings. The minimum absolute atomic E-state index is 0.00383. The van der Waals surface area contributed by atoms with Gasteiger partial charge in [-0.3, -0.25) is 9.59 Å². The van der Waals surface area contributed by atoms with Crippen molar-refractivity contribution in [3.05, 3.63) is 59.7 Å². The van der Waals surface area contributed by atoms with Crippen LogP contribution in [-0.2, 0) is 14.3 Å². The molecule has 0 aromatic heterocycles. The summed E-state index contributed by atoms with van der Waals surface area (Å²) in [5, 5.41) is 14.2. The third kappa shape index (κ3) is 5.84. The van der Waals surface area contributed by atoms with E-state index >= 15 is 0 Å².